The molecule has 20 heavy (non-hydrogen) atoms. The maximum absolute atomic E-state index is 12.6. The molecule has 0 aromatic carbocycles. The average Bonchev–Trinajstić information content (AvgIpc) is 2.69. The Bertz CT molecular complexity index is 455. The minimum absolute atomic E-state index is 0.0233. The van der Waals surface area contributed by atoms with Crippen LogP contribution in [0.4, 0.5) is 19.1 Å². The Kier molecular flexibility index (Phi) is 4.44. The molecule has 2 atom stereocenters. The third-order valence-electron chi connectivity index (χ3n) is 3.09. The summed E-state index contributed by atoms with van der Waals surface area (Å²) < 4.78 is 43.3. The third kappa shape index (κ3) is 3.57. The van der Waals surface area contributed by atoms with Crippen LogP contribution in [-0.4, -0.2) is 53.8 Å². The minimum Gasteiger partial charge on any atom is -0.375 e. The molecule has 0 radical (unpaired) electrons. The maximum Gasteiger partial charge on any atom is 0.433 e. The monoisotopic (exact) mass is 290 g/mol. The summed E-state index contributed by atoms with van der Waals surface area (Å²) in [7, 11) is 1.93. The summed E-state index contributed by atoms with van der Waals surface area (Å²) in [5.41, 5.74) is -0.950. The molecule has 1 aromatic rings. The predicted octanol–water partition coefficient (Wildman–Crippen LogP) is 1.63. The van der Waals surface area contributed by atoms with Crippen molar-refractivity contribution in [2.75, 3.05) is 32.1 Å². The molecule has 1 saturated heterocycles. The zero-order valence-electron chi connectivity index (χ0n) is 11.3. The summed E-state index contributed by atoms with van der Waals surface area (Å²) in [4.78, 5) is 9.39. The summed E-state index contributed by atoms with van der Waals surface area (Å²) >= 11 is 0. The summed E-state index contributed by atoms with van der Waals surface area (Å²) in [5.74, 6) is -0.0233. The highest BCUT2D eigenvalue weighted by Gasteiger charge is 2.34. The van der Waals surface area contributed by atoms with Crippen LogP contribution in [0.2, 0.25) is 0 Å². The van der Waals surface area contributed by atoms with Crippen molar-refractivity contribution in [2.24, 2.45) is 0 Å². The largest absolute Gasteiger partial charge is 0.433 e. The molecule has 0 unspecified atom stereocenters. The van der Waals surface area contributed by atoms with E-state index >= 15 is 0 Å². The van der Waals surface area contributed by atoms with Gasteiger partial charge in [0.15, 0.2) is 0 Å². The molecule has 1 aromatic heterocycles. The van der Waals surface area contributed by atoms with Gasteiger partial charge in [-0.3, -0.25) is 0 Å². The van der Waals surface area contributed by atoms with E-state index in [9.17, 15) is 13.2 Å². The Balaban J connectivity index is 2.09. The van der Waals surface area contributed by atoms with Gasteiger partial charge in [-0.1, -0.05) is 0 Å². The molecule has 112 valence electrons. The summed E-state index contributed by atoms with van der Waals surface area (Å²) in [6, 6.07) is 0.731. The molecule has 1 aliphatic rings. The third-order valence-corrected chi connectivity index (χ3v) is 3.09. The van der Waals surface area contributed by atoms with Crippen molar-refractivity contribution in [1.29, 1.82) is 0 Å². The van der Waals surface area contributed by atoms with E-state index in [1.807, 2.05) is 18.9 Å². The first kappa shape index (κ1) is 15.0. The standard InChI is InChI=1S/C12H17F3N4O/c1-3-20-9-7-19(2)6-8(9)17-11-16-5-4-10(18-11)12(13,14)15/h4-5,8-9H,3,6-7H2,1-2H3,(H,16,17,18)/t8-,9-/m1/s1. The number of aromatic nitrogens is 2. The number of hydrogen-bond donors (Lipinski definition) is 1. The first-order valence-corrected chi connectivity index (χ1v) is 6.37. The van der Waals surface area contributed by atoms with E-state index in [0.717, 1.165) is 18.8 Å². The molecule has 1 fully saturated rings. The first-order chi connectivity index (χ1) is 9.40. The van der Waals surface area contributed by atoms with Gasteiger partial charge in [-0.2, -0.15) is 13.2 Å². The van der Waals surface area contributed by atoms with Gasteiger partial charge < -0.3 is 15.0 Å². The van der Waals surface area contributed by atoms with Crippen molar-refractivity contribution >= 4 is 5.95 Å². The van der Waals surface area contributed by atoms with Crippen LogP contribution in [0.25, 0.3) is 0 Å². The number of halogens is 3. The van der Waals surface area contributed by atoms with Gasteiger partial charge >= 0.3 is 6.18 Å². The second-order valence-electron chi connectivity index (χ2n) is 4.73. The van der Waals surface area contributed by atoms with E-state index in [4.69, 9.17) is 4.74 Å². The predicted molar refractivity (Wildman–Crippen MR) is 67.4 cm³/mol. The molecule has 1 aliphatic heterocycles. The van der Waals surface area contributed by atoms with Crippen LogP contribution in [0.1, 0.15) is 12.6 Å². The number of anilines is 1. The molecular formula is C12H17F3N4O. The zero-order valence-corrected chi connectivity index (χ0v) is 11.3. The fraction of sp³-hybridized carbons (Fsp3) is 0.667. The molecular weight excluding hydrogens is 273 g/mol. The summed E-state index contributed by atoms with van der Waals surface area (Å²) in [6.07, 6.45) is -3.44. The number of likely N-dealkylation sites (tertiary alicyclic amines) is 1. The van der Waals surface area contributed by atoms with E-state index in [1.165, 1.54) is 0 Å². The first-order valence-electron chi connectivity index (χ1n) is 6.37. The lowest BCUT2D eigenvalue weighted by atomic mass is 10.2. The zero-order chi connectivity index (χ0) is 14.8. The Hall–Kier alpha value is -1.41. The maximum atomic E-state index is 12.6. The number of likely N-dealkylation sites (N-methyl/N-ethyl adjacent to an activating group) is 1. The molecule has 8 heteroatoms. The number of rotatable bonds is 4. The van der Waals surface area contributed by atoms with Crippen LogP contribution in [0, 0.1) is 0 Å². The Morgan fingerprint density at radius 1 is 1.45 bits per heavy atom. The van der Waals surface area contributed by atoms with E-state index < -0.39 is 11.9 Å². The highest BCUT2D eigenvalue weighted by molar-refractivity contribution is 5.29. The lowest BCUT2D eigenvalue weighted by Gasteiger charge is -2.20. The van der Waals surface area contributed by atoms with Crippen molar-refractivity contribution in [3.8, 4) is 0 Å². The normalized spacial score (nSPS) is 24.1. The van der Waals surface area contributed by atoms with Gasteiger partial charge in [0.2, 0.25) is 5.95 Å². The van der Waals surface area contributed by atoms with Crippen LogP contribution >= 0.6 is 0 Å². The van der Waals surface area contributed by atoms with E-state index in [2.05, 4.69) is 15.3 Å². The fourth-order valence-electron chi connectivity index (χ4n) is 2.24. The van der Waals surface area contributed by atoms with Gasteiger partial charge in [-0.15, -0.1) is 0 Å². The van der Waals surface area contributed by atoms with Gasteiger partial charge in [0.25, 0.3) is 0 Å². The van der Waals surface area contributed by atoms with Gasteiger partial charge in [0.1, 0.15) is 5.69 Å². The molecule has 2 rings (SSSR count). The Morgan fingerprint density at radius 2 is 2.20 bits per heavy atom. The van der Waals surface area contributed by atoms with Crippen molar-refractivity contribution in [2.45, 2.75) is 25.2 Å². The Labute approximate surface area is 115 Å². The van der Waals surface area contributed by atoms with Crippen molar-refractivity contribution in [3.63, 3.8) is 0 Å². The van der Waals surface area contributed by atoms with Crippen molar-refractivity contribution in [1.82, 2.24) is 14.9 Å². The van der Waals surface area contributed by atoms with Gasteiger partial charge in [-0.25, -0.2) is 9.97 Å². The molecule has 0 bridgehead atoms. The van der Waals surface area contributed by atoms with Crippen molar-refractivity contribution < 1.29 is 17.9 Å². The van der Waals surface area contributed by atoms with Crippen LogP contribution in [0.3, 0.4) is 0 Å². The quantitative estimate of drug-likeness (QED) is 0.913. The minimum atomic E-state index is -4.47. The van der Waals surface area contributed by atoms with E-state index in [0.29, 0.717) is 13.2 Å². The fourth-order valence-corrected chi connectivity index (χ4v) is 2.24. The highest BCUT2D eigenvalue weighted by atomic mass is 19.4. The van der Waals surface area contributed by atoms with Crippen LogP contribution in [0.5, 0.6) is 0 Å². The van der Waals surface area contributed by atoms with Gasteiger partial charge in [0, 0.05) is 25.9 Å². The molecule has 0 aliphatic carbocycles. The van der Waals surface area contributed by atoms with E-state index in [-0.39, 0.29) is 18.1 Å². The SMILES string of the molecule is CCO[C@@H]1CN(C)C[C@H]1Nc1nccc(C(F)(F)F)n1. The lowest BCUT2D eigenvalue weighted by Crippen LogP contribution is -2.35. The van der Waals surface area contributed by atoms with Crippen molar-refractivity contribution in [3.05, 3.63) is 18.0 Å². The Morgan fingerprint density at radius 3 is 2.85 bits per heavy atom. The number of hydrogen-bond acceptors (Lipinski definition) is 5. The topological polar surface area (TPSA) is 50.3 Å². The number of ether oxygens (including phenoxy) is 1. The molecule has 1 N–H and O–H groups in total. The lowest BCUT2D eigenvalue weighted by molar-refractivity contribution is -0.141. The second-order valence-corrected chi connectivity index (χ2v) is 4.73. The number of alkyl halides is 3. The smallest absolute Gasteiger partial charge is 0.375 e. The summed E-state index contributed by atoms with van der Waals surface area (Å²) in [6.45, 7) is 3.84. The summed E-state index contributed by atoms with van der Waals surface area (Å²) in [5, 5.41) is 2.93. The van der Waals surface area contributed by atoms with E-state index in [1.54, 1.807) is 0 Å². The average molecular weight is 290 g/mol. The van der Waals surface area contributed by atoms with Crippen LogP contribution < -0.4 is 5.32 Å². The van der Waals surface area contributed by atoms with Gasteiger partial charge in [-0.05, 0) is 20.0 Å². The number of nitrogens with one attached hydrogen (secondary N) is 1. The molecule has 2 heterocycles. The number of nitrogens with zero attached hydrogens (tertiary/aromatic N) is 3. The second kappa shape index (κ2) is 5.92. The van der Waals surface area contributed by atoms with Crippen LogP contribution in [0.15, 0.2) is 12.3 Å². The molecule has 5 nitrogen and oxygen atoms in total. The highest BCUT2D eigenvalue weighted by Crippen LogP contribution is 2.27. The van der Waals surface area contributed by atoms with Crippen LogP contribution in [-0.2, 0) is 10.9 Å². The van der Waals surface area contributed by atoms with Gasteiger partial charge in [0.05, 0.1) is 12.1 Å². The molecule has 0 spiro atoms. The molecule has 0 amide bonds. The molecule has 0 saturated carbocycles.